The van der Waals surface area contributed by atoms with Crippen molar-refractivity contribution in [3.8, 4) is 0 Å². The molecule has 9 nitrogen and oxygen atoms in total. The maximum Gasteiger partial charge on any atom is 0.631 e. The van der Waals surface area contributed by atoms with Crippen LogP contribution < -0.4 is 0 Å². The van der Waals surface area contributed by atoms with E-state index in [0.29, 0.717) is 11.1 Å². The summed E-state index contributed by atoms with van der Waals surface area (Å²) in [4.78, 5) is 21.9. The molecule has 2 aromatic carbocycles. The van der Waals surface area contributed by atoms with Gasteiger partial charge in [-0.1, -0.05) is 30.3 Å². The zero-order chi connectivity index (χ0) is 22.8. The lowest BCUT2D eigenvalue weighted by molar-refractivity contribution is -0.384. The van der Waals surface area contributed by atoms with E-state index in [9.17, 15) is 14.9 Å². The average molecular weight is 407 g/mol. The normalized spacial score (nSPS) is 10.7. The molecule has 0 amide bonds. The van der Waals surface area contributed by atoms with Crippen LogP contribution in [-0.4, -0.2) is 54.5 Å². The summed E-state index contributed by atoms with van der Waals surface area (Å²) in [6, 6.07) is 14.4. The van der Waals surface area contributed by atoms with Gasteiger partial charge in [-0.2, -0.15) is 0 Å². The molecular weight excluding hydrogens is 381 g/mol. The summed E-state index contributed by atoms with van der Waals surface area (Å²) in [5, 5.41) is 50.2. The zero-order valence-electron chi connectivity index (χ0n) is 16.7. The third kappa shape index (κ3) is 10.5. The molecule has 0 aliphatic rings. The summed E-state index contributed by atoms with van der Waals surface area (Å²) in [7, 11) is -2.17. The highest BCUT2D eigenvalue weighted by atomic mass is 16.6. The minimum absolute atomic E-state index is 0.0189. The summed E-state index contributed by atoms with van der Waals surface area (Å²) < 4.78 is 0. The quantitative estimate of drug-likeness (QED) is 0.219. The number of rotatable bonds is 4. The topological polar surface area (TPSA) is 161 Å². The van der Waals surface area contributed by atoms with E-state index in [1.807, 2.05) is 6.07 Å². The molecule has 0 bridgehead atoms. The molecule has 0 atom stereocenters. The summed E-state index contributed by atoms with van der Waals surface area (Å²) in [5.41, 5.74) is -1.02. The molecule has 0 unspecified atom stereocenters. The van der Waals surface area contributed by atoms with E-state index < -0.39 is 23.4 Å². The van der Waals surface area contributed by atoms with E-state index in [-0.39, 0.29) is 11.5 Å². The van der Waals surface area contributed by atoms with Crippen molar-refractivity contribution in [1.82, 2.24) is 0 Å². The Labute approximate surface area is 169 Å². The zero-order valence-corrected chi connectivity index (χ0v) is 16.7. The smallest absolute Gasteiger partial charge is 0.402 e. The Morgan fingerprint density at radius 2 is 1.17 bits per heavy atom. The first-order valence-corrected chi connectivity index (χ1v) is 8.50. The molecule has 29 heavy (non-hydrogen) atoms. The molecule has 10 heteroatoms. The van der Waals surface area contributed by atoms with Crippen molar-refractivity contribution in [3.05, 3.63) is 75.8 Å². The van der Waals surface area contributed by atoms with Gasteiger partial charge in [0.05, 0.1) is 16.1 Å². The van der Waals surface area contributed by atoms with E-state index >= 15 is 0 Å². The Morgan fingerprint density at radius 1 is 0.828 bits per heavy atom. The molecular formula is C19H26BNO8. The largest absolute Gasteiger partial charge is 0.631 e. The van der Waals surface area contributed by atoms with Gasteiger partial charge in [0.15, 0.2) is 5.78 Å². The van der Waals surface area contributed by atoms with Crippen molar-refractivity contribution in [2.75, 3.05) is 0 Å². The maximum absolute atomic E-state index is 12.0. The van der Waals surface area contributed by atoms with Gasteiger partial charge in [0.1, 0.15) is 0 Å². The molecule has 2 rings (SSSR count). The third-order valence-electron chi connectivity index (χ3n) is 3.87. The van der Waals surface area contributed by atoms with Crippen LogP contribution in [0.2, 0.25) is 0 Å². The predicted octanol–water partition coefficient (Wildman–Crippen LogP) is 1.30. The molecule has 5 N–H and O–H groups in total. The van der Waals surface area contributed by atoms with Gasteiger partial charge in [-0.15, -0.1) is 0 Å². The molecule has 2 aromatic rings. The number of carbonyl (C=O) groups excluding carboxylic acids is 1. The van der Waals surface area contributed by atoms with Gasteiger partial charge in [-0.3, -0.25) is 14.9 Å². The molecule has 0 saturated carbocycles. The predicted molar refractivity (Wildman–Crippen MR) is 108 cm³/mol. The highest BCUT2D eigenvalue weighted by Gasteiger charge is 2.31. The lowest BCUT2D eigenvalue weighted by atomic mass is 9.90. The van der Waals surface area contributed by atoms with Gasteiger partial charge in [-0.05, 0) is 39.8 Å². The Morgan fingerprint density at radius 3 is 1.48 bits per heavy atom. The number of aliphatic hydroxyl groups is 2. The van der Waals surface area contributed by atoms with Crippen molar-refractivity contribution >= 4 is 18.8 Å². The van der Waals surface area contributed by atoms with Crippen molar-refractivity contribution < 1.29 is 35.0 Å². The van der Waals surface area contributed by atoms with Crippen LogP contribution in [0.25, 0.3) is 0 Å². The van der Waals surface area contributed by atoms with E-state index in [4.69, 9.17) is 25.3 Å². The number of nitro groups is 1. The van der Waals surface area contributed by atoms with Gasteiger partial charge in [-0.25, -0.2) is 0 Å². The number of benzene rings is 2. The van der Waals surface area contributed by atoms with Gasteiger partial charge in [0, 0.05) is 23.3 Å². The Bertz CT molecular complexity index is 751. The first kappa shape index (κ1) is 26.4. The molecule has 0 aliphatic heterocycles. The Balaban J connectivity index is 0.000000547. The molecule has 0 saturated heterocycles. The number of hydrogen-bond donors (Lipinski definition) is 5. The van der Waals surface area contributed by atoms with Crippen molar-refractivity contribution in [2.24, 2.45) is 0 Å². The van der Waals surface area contributed by atoms with Crippen LogP contribution in [0.5, 0.6) is 0 Å². The fourth-order valence-corrected chi connectivity index (χ4v) is 1.49. The van der Waals surface area contributed by atoms with E-state index in [1.165, 1.54) is 24.3 Å². The van der Waals surface area contributed by atoms with Gasteiger partial charge in [0.25, 0.3) is 5.69 Å². The number of nitrogens with zero attached hydrogens (tertiary/aromatic N) is 1. The van der Waals surface area contributed by atoms with Crippen LogP contribution in [0, 0.1) is 10.1 Å². The Kier molecular flexibility index (Phi) is 10.4. The minimum atomic E-state index is -2.17. The molecule has 158 valence electrons. The highest BCUT2D eigenvalue weighted by Crippen LogP contribution is 2.19. The molecule has 0 heterocycles. The summed E-state index contributed by atoms with van der Waals surface area (Å²) >= 11 is 0. The number of carbonyl (C=O) groups is 1. The third-order valence-corrected chi connectivity index (χ3v) is 3.87. The number of hydrogen-bond acceptors (Lipinski definition) is 8. The van der Waals surface area contributed by atoms with Crippen LogP contribution in [0.3, 0.4) is 0 Å². The highest BCUT2D eigenvalue weighted by molar-refractivity contribution is 6.30. The SMILES string of the molecule is CC(C)(O)C(C)(C)O.O=C(c1ccccc1)c1ccc([N+](=O)[O-])cc1.OB(O)O. The monoisotopic (exact) mass is 407 g/mol. The minimum Gasteiger partial charge on any atom is -0.402 e. The fraction of sp³-hybridized carbons (Fsp3) is 0.316. The second-order valence-corrected chi connectivity index (χ2v) is 6.96. The van der Waals surface area contributed by atoms with Crippen LogP contribution in [-0.2, 0) is 0 Å². The fourth-order valence-electron chi connectivity index (χ4n) is 1.49. The number of ketones is 1. The molecule has 0 radical (unpaired) electrons. The number of non-ortho nitro benzene ring substituents is 1. The first-order valence-electron chi connectivity index (χ1n) is 8.50. The number of nitro benzene ring substituents is 1. The lowest BCUT2D eigenvalue weighted by Crippen LogP contribution is -2.44. The molecule has 0 spiro atoms. The van der Waals surface area contributed by atoms with Crippen molar-refractivity contribution in [1.29, 1.82) is 0 Å². The molecule has 0 aliphatic carbocycles. The van der Waals surface area contributed by atoms with Crippen LogP contribution in [0.15, 0.2) is 54.6 Å². The second-order valence-electron chi connectivity index (χ2n) is 6.96. The van der Waals surface area contributed by atoms with Crippen molar-refractivity contribution in [3.63, 3.8) is 0 Å². The Hall–Kier alpha value is -2.63. The first-order chi connectivity index (χ1) is 13.2. The summed E-state index contributed by atoms with van der Waals surface area (Å²) in [6.45, 7) is 6.31. The van der Waals surface area contributed by atoms with Gasteiger partial charge in [0.2, 0.25) is 0 Å². The summed E-state index contributed by atoms with van der Waals surface area (Å²) in [5.74, 6) is -0.138. The van der Waals surface area contributed by atoms with Gasteiger partial charge >= 0.3 is 7.32 Å². The van der Waals surface area contributed by atoms with Crippen molar-refractivity contribution in [2.45, 2.75) is 38.9 Å². The molecule has 0 fully saturated rings. The maximum atomic E-state index is 12.0. The molecule has 0 aromatic heterocycles. The second kappa shape index (κ2) is 11.4. The van der Waals surface area contributed by atoms with E-state index in [0.717, 1.165) is 0 Å². The van der Waals surface area contributed by atoms with Crippen LogP contribution in [0.4, 0.5) is 5.69 Å². The van der Waals surface area contributed by atoms with Gasteiger partial charge < -0.3 is 25.3 Å². The van der Waals surface area contributed by atoms with E-state index in [2.05, 4.69) is 0 Å². The standard InChI is InChI=1S/C13H9NO3.C6H14O2.BH3O3/c15-13(10-4-2-1-3-5-10)11-6-8-12(9-7-11)14(16)17;1-5(2,7)6(3,4)8;2-1(3)4/h1-9H;7-8H,1-4H3;2-4H. The lowest BCUT2D eigenvalue weighted by Gasteiger charge is -2.31. The average Bonchev–Trinajstić information content (AvgIpc) is 2.60. The van der Waals surface area contributed by atoms with E-state index in [1.54, 1.807) is 52.0 Å². The van der Waals surface area contributed by atoms with Crippen LogP contribution >= 0.6 is 0 Å². The summed E-state index contributed by atoms with van der Waals surface area (Å²) in [6.07, 6.45) is 0. The van der Waals surface area contributed by atoms with Crippen LogP contribution in [0.1, 0.15) is 43.6 Å².